The minimum Gasteiger partial charge on any atom is -0.441 e. The molecular formula is C15H23N3O. The van der Waals surface area contributed by atoms with E-state index in [0.717, 1.165) is 36.6 Å². The van der Waals surface area contributed by atoms with Gasteiger partial charge >= 0.3 is 0 Å². The lowest BCUT2D eigenvalue weighted by molar-refractivity contribution is 0.468. The van der Waals surface area contributed by atoms with Gasteiger partial charge in [0.2, 0.25) is 0 Å². The lowest BCUT2D eigenvalue weighted by Crippen LogP contribution is -2.36. The quantitative estimate of drug-likeness (QED) is 0.783. The number of benzene rings is 1. The Kier molecular flexibility index (Phi) is 4.22. The monoisotopic (exact) mass is 261 g/mol. The molecule has 4 heteroatoms. The zero-order valence-electron chi connectivity index (χ0n) is 12.2. The largest absolute Gasteiger partial charge is 0.441 e. The predicted molar refractivity (Wildman–Crippen MR) is 78.6 cm³/mol. The van der Waals surface area contributed by atoms with Crippen LogP contribution >= 0.6 is 0 Å². The molecular weight excluding hydrogens is 238 g/mol. The average molecular weight is 261 g/mol. The van der Waals surface area contributed by atoms with E-state index in [2.05, 4.69) is 41.6 Å². The fourth-order valence-corrected chi connectivity index (χ4v) is 2.18. The molecule has 0 fully saturated rings. The molecule has 0 bridgehead atoms. The van der Waals surface area contributed by atoms with Crippen LogP contribution < -0.4 is 10.6 Å². The zero-order chi connectivity index (χ0) is 13.9. The number of hydrogen-bond acceptors (Lipinski definition) is 4. The first-order valence-electron chi connectivity index (χ1n) is 6.76. The second-order valence-electron chi connectivity index (χ2n) is 5.58. The van der Waals surface area contributed by atoms with Gasteiger partial charge in [0.15, 0.2) is 11.5 Å². The van der Waals surface area contributed by atoms with E-state index < -0.39 is 0 Å². The highest BCUT2D eigenvalue weighted by Crippen LogP contribution is 2.26. The molecule has 0 unspecified atom stereocenters. The average Bonchev–Trinajstić information content (AvgIpc) is 2.73. The number of nitrogens with one attached hydrogen (secondary N) is 2. The number of hydrogen-bond donors (Lipinski definition) is 2. The van der Waals surface area contributed by atoms with Crippen LogP contribution in [0.4, 0.5) is 0 Å². The Morgan fingerprint density at radius 3 is 2.79 bits per heavy atom. The molecule has 104 valence electrons. The first kappa shape index (κ1) is 14.0. The molecule has 2 rings (SSSR count). The Morgan fingerprint density at radius 1 is 1.26 bits per heavy atom. The summed E-state index contributed by atoms with van der Waals surface area (Å²) in [5, 5.41) is 6.61. The summed E-state index contributed by atoms with van der Waals surface area (Å²) >= 11 is 0. The van der Waals surface area contributed by atoms with Crippen LogP contribution in [0.1, 0.15) is 25.3 Å². The molecule has 2 aromatic rings. The Hall–Kier alpha value is -1.39. The van der Waals surface area contributed by atoms with Gasteiger partial charge in [-0.3, -0.25) is 0 Å². The SMILES string of the molecule is CNCCNCC(C)(C)c1ccc2oc(C)nc2c1. The van der Waals surface area contributed by atoms with Gasteiger partial charge in [-0.2, -0.15) is 0 Å². The van der Waals surface area contributed by atoms with Crippen molar-refractivity contribution in [2.45, 2.75) is 26.2 Å². The number of oxazole rings is 1. The van der Waals surface area contributed by atoms with Crippen molar-refractivity contribution in [1.29, 1.82) is 0 Å². The topological polar surface area (TPSA) is 50.1 Å². The van der Waals surface area contributed by atoms with E-state index in [4.69, 9.17) is 4.42 Å². The van der Waals surface area contributed by atoms with Gasteiger partial charge in [-0.05, 0) is 24.7 Å². The van der Waals surface area contributed by atoms with Crippen LogP contribution in [0, 0.1) is 6.92 Å². The van der Waals surface area contributed by atoms with E-state index in [-0.39, 0.29) is 5.41 Å². The van der Waals surface area contributed by atoms with Crippen LogP contribution in [0.15, 0.2) is 22.6 Å². The minimum absolute atomic E-state index is 0.0782. The van der Waals surface area contributed by atoms with Crippen LogP contribution in [-0.4, -0.2) is 31.7 Å². The molecule has 0 amide bonds. The van der Waals surface area contributed by atoms with Gasteiger partial charge in [0.1, 0.15) is 5.52 Å². The van der Waals surface area contributed by atoms with Crippen LogP contribution in [0.2, 0.25) is 0 Å². The lowest BCUT2D eigenvalue weighted by Gasteiger charge is -2.25. The Morgan fingerprint density at radius 2 is 2.05 bits per heavy atom. The normalized spacial score (nSPS) is 12.2. The van der Waals surface area contributed by atoms with Crippen LogP contribution in [0.25, 0.3) is 11.1 Å². The summed E-state index contributed by atoms with van der Waals surface area (Å²) in [6, 6.07) is 6.28. The van der Waals surface area contributed by atoms with Crippen molar-refractivity contribution in [2.24, 2.45) is 0 Å². The highest BCUT2D eigenvalue weighted by Gasteiger charge is 2.21. The second kappa shape index (κ2) is 5.72. The molecule has 0 saturated heterocycles. The first-order valence-corrected chi connectivity index (χ1v) is 6.76. The number of aromatic nitrogens is 1. The van der Waals surface area contributed by atoms with E-state index in [1.54, 1.807) is 0 Å². The Bertz CT molecular complexity index is 545. The summed E-state index contributed by atoms with van der Waals surface area (Å²) in [5.41, 5.74) is 3.16. The lowest BCUT2D eigenvalue weighted by atomic mass is 9.84. The van der Waals surface area contributed by atoms with E-state index in [1.165, 1.54) is 5.56 Å². The van der Waals surface area contributed by atoms with Gasteiger partial charge in [0.05, 0.1) is 0 Å². The second-order valence-corrected chi connectivity index (χ2v) is 5.58. The summed E-state index contributed by atoms with van der Waals surface area (Å²) in [7, 11) is 1.97. The molecule has 4 nitrogen and oxygen atoms in total. The Labute approximate surface area is 114 Å². The third-order valence-electron chi connectivity index (χ3n) is 3.39. The molecule has 0 atom stereocenters. The molecule has 19 heavy (non-hydrogen) atoms. The van der Waals surface area contributed by atoms with Crippen molar-refractivity contribution in [1.82, 2.24) is 15.6 Å². The number of fused-ring (bicyclic) bond motifs is 1. The summed E-state index contributed by atoms with van der Waals surface area (Å²) in [6.07, 6.45) is 0. The van der Waals surface area contributed by atoms with Gasteiger partial charge in [-0.1, -0.05) is 19.9 Å². The first-order chi connectivity index (χ1) is 9.03. The van der Waals surface area contributed by atoms with Crippen molar-refractivity contribution in [3.8, 4) is 0 Å². The number of nitrogens with zero attached hydrogens (tertiary/aromatic N) is 1. The molecule has 0 aliphatic carbocycles. The van der Waals surface area contributed by atoms with Crippen molar-refractivity contribution < 1.29 is 4.42 Å². The molecule has 1 heterocycles. The van der Waals surface area contributed by atoms with Crippen LogP contribution in [-0.2, 0) is 5.41 Å². The molecule has 0 aliphatic rings. The van der Waals surface area contributed by atoms with Crippen molar-refractivity contribution in [3.63, 3.8) is 0 Å². The van der Waals surface area contributed by atoms with Crippen molar-refractivity contribution >= 4 is 11.1 Å². The van der Waals surface area contributed by atoms with E-state index in [1.807, 2.05) is 20.0 Å². The molecule has 0 radical (unpaired) electrons. The van der Waals surface area contributed by atoms with Crippen LogP contribution in [0.5, 0.6) is 0 Å². The molecule has 0 spiro atoms. The molecule has 1 aromatic heterocycles. The van der Waals surface area contributed by atoms with E-state index in [9.17, 15) is 0 Å². The van der Waals surface area contributed by atoms with Gasteiger partial charge < -0.3 is 15.1 Å². The standard InChI is InChI=1S/C15H23N3O/c1-11-18-13-9-12(5-6-14(13)19-11)15(2,3)10-17-8-7-16-4/h5-6,9,16-17H,7-8,10H2,1-4H3. The zero-order valence-corrected chi connectivity index (χ0v) is 12.2. The third kappa shape index (κ3) is 3.33. The molecule has 1 aromatic carbocycles. The fraction of sp³-hybridized carbons (Fsp3) is 0.533. The smallest absolute Gasteiger partial charge is 0.192 e. The Balaban J connectivity index is 2.12. The van der Waals surface area contributed by atoms with Gasteiger partial charge in [-0.25, -0.2) is 4.98 Å². The number of aryl methyl sites for hydroxylation is 1. The molecule has 0 aliphatic heterocycles. The van der Waals surface area contributed by atoms with Crippen molar-refractivity contribution in [3.05, 3.63) is 29.7 Å². The number of rotatable bonds is 6. The maximum atomic E-state index is 5.51. The fourth-order valence-electron chi connectivity index (χ4n) is 2.18. The summed E-state index contributed by atoms with van der Waals surface area (Å²) < 4.78 is 5.51. The van der Waals surface area contributed by atoms with Gasteiger partial charge in [-0.15, -0.1) is 0 Å². The van der Waals surface area contributed by atoms with Crippen molar-refractivity contribution in [2.75, 3.05) is 26.7 Å². The number of likely N-dealkylation sites (N-methyl/N-ethyl adjacent to an activating group) is 1. The van der Waals surface area contributed by atoms with Crippen LogP contribution in [0.3, 0.4) is 0 Å². The van der Waals surface area contributed by atoms with Gasteiger partial charge in [0, 0.05) is 32.0 Å². The minimum atomic E-state index is 0.0782. The summed E-state index contributed by atoms with van der Waals surface area (Å²) in [6.45, 7) is 9.27. The summed E-state index contributed by atoms with van der Waals surface area (Å²) in [4.78, 5) is 4.40. The maximum Gasteiger partial charge on any atom is 0.192 e. The summed E-state index contributed by atoms with van der Waals surface area (Å²) in [5.74, 6) is 0.720. The third-order valence-corrected chi connectivity index (χ3v) is 3.39. The van der Waals surface area contributed by atoms with E-state index in [0.29, 0.717) is 0 Å². The molecule has 0 saturated carbocycles. The highest BCUT2D eigenvalue weighted by molar-refractivity contribution is 5.73. The van der Waals surface area contributed by atoms with E-state index >= 15 is 0 Å². The molecule has 2 N–H and O–H groups in total. The van der Waals surface area contributed by atoms with Gasteiger partial charge in [0.25, 0.3) is 0 Å². The highest BCUT2D eigenvalue weighted by atomic mass is 16.3. The predicted octanol–water partition coefficient (Wildman–Crippen LogP) is 2.22. The maximum absolute atomic E-state index is 5.51.